The normalized spacial score (nSPS) is 15.8. The Balaban J connectivity index is 3.87. The summed E-state index contributed by atoms with van der Waals surface area (Å²) in [4.78, 5) is 11.3. The fourth-order valence-electron chi connectivity index (χ4n) is 0.623. The Morgan fingerprint density at radius 1 is 1.42 bits per heavy atom. The molecule has 0 saturated heterocycles. The molecule has 0 aliphatic heterocycles. The van der Waals surface area contributed by atoms with Crippen molar-refractivity contribution >= 4 is 18.6 Å². The van der Waals surface area contributed by atoms with Crippen LogP contribution in [0.4, 0.5) is 0 Å². The summed E-state index contributed by atoms with van der Waals surface area (Å²) in [6, 6.07) is 0. The lowest BCUT2D eigenvalue weighted by atomic mass is 10.1. The number of hydrogen-bond donors (Lipinski definition) is 1. The van der Waals surface area contributed by atoms with Crippen molar-refractivity contribution in [2.45, 2.75) is 45.5 Å². The second kappa shape index (κ2) is 5.46. The van der Waals surface area contributed by atoms with Gasteiger partial charge in [0.1, 0.15) is 5.25 Å². The van der Waals surface area contributed by atoms with Gasteiger partial charge in [0.2, 0.25) is 0 Å². The maximum absolute atomic E-state index is 11.3. The number of carbonyl (C=O) groups is 1. The largest absolute Gasteiger partial charge is 0.462 e. The van der Waals surface area contributed by atoms with Crippen LogP contribution in [0.25, 0.3) is 0 Å². The van der Waals surface area contributed by atoms with Gasteiger partial charge < -0.3 is 4.74 Å². The molecule has 0 bridgehead atoms. The first kappa shape index (κ1) is 11.8. The van der Waals surface area contributed by atoms with E-state index in [1.54, 1.807) is 0 Å². The SMILES string of the molecule is CCC(C)OC(=O)C(S)C(C)C. The Morgan fingerprint density at radius 3 is 2.25 bits per heavy atom. The molecule has 0 spiro atoms. The zero-order valence-electron chi connectivity index (χ0n) is 8.20. The highest BCUT2D eigenvalue weighted by Gasteiger charge is 2.20. The van der Waals surface area contributed by atoms with E-state index >= 15 is 0 Å². The zero-order chi connectivity index (χ0) is 9.72. The van der Waals surface area contributed by atoms with E-state index in [9.17, 15) is 4.79 Å². The predicted octanol–water partition coefficient (Wildman–Crippen LogP) is 2.28. The van der Waals surface area contributed by atoms with Crippen molar-refractivity contribution < 1.29 is 9.53 Å². The lowest BCUT2D eigenvalue weighted by Crippen LogP contribution is -2.26. The highest BCUT2D eigenvalue weighted by molar-refractivity contribution is 7.81. The number of carbonyl (C=O) groups excluding carboxylic acids is 1. The molecule has 2 atom stereocenters. The van der Waals surface area contributed by atoms with Crippen LogP contribution in [0.1, 0.15) is 34.1 Å². The number of ether oxygens (including phenoxy) is 1. The van der Waals surface area contributed by atoms with Gasteiger partial charge in [-0.05, 0) is 19.3 Å². The second-order valence-corrected chi connectivity index (χ2v) is 3.90. The number of thiol groups is 1. The summed E-state index contributed by atoms with van der Waals surface area (Å²) in [6.07, 6.45) is 0.857. The lowest BCUT2D eigenvalue weighted by molar-refractivity contribution is -0.148. The first-order valence-corrected chi connectivity index (χ1v) is 4.89. The minimum Gasteiger partial charge on any atom is -0.462 e. The zero-order valence-corrected chi connectivity index (χ0v) is 9.10. The van der Waals surface area contributed by atoms with Crippen LogP contribution in [-0.4, -0.2) is 17.3 Å². The standard InChI is InChI=1S/C9H18O2S/c1-5-7(4)11-9(10)8(12)6(2)3/h6-8,12H,5H2,1-4H3. The summed E-state index contributed by atoms with van der Waals surface area (Å²) >= 11 is 4.16. The third-order valence-electron chi connectivity index (χ3n) is 1.77. The Kier molecular flexibility index (Phi) is 5.38. The number of rotatable bonds is 4. The summed E-state index contributed by atoms with van der Waals surface area (Å²) in [5.41, 5.74) is 0. The predicted molar refractivity (Wildman–Crippen MR) is 53.5 cm³/mol. The topological polar surface area (TPSA) is 26.3 Å². The maximum Gasteiger partial charge on any atom is 0.319 e. The molecule has 0 fully saturated rings. The third-order valence-corrected chi connectivity index (χ3v) is 2.57. The van der Waals surface area contributed by atoms with Gasteiger partial charge in [-0.25, -0.2) is 0 Å². The lowest BCUT2D eigenvalue weighted by Gasteiger charge is -2.17. The molecule has 2 unspecified atom stereocenters. The molecule has 0 N–H and O–H groups in total. The van der Waals surface area contributed by atoms with E-state index in [1.165, 1.54) is 0 Å². The molecule has 72 valence electrons. The molecule has 0 aromatic carbocycles. The molecule has 3 heteroatoms. The van der Waals surface area contributed by atoms with Crippen LogP contribution >= 0.6 is 12.6 Å². The molecule has 0 radical (unpaired) electrons. The van der Waals surface area contributed by atoms with Crippen LogP contribution in [-0.2, 0) is 9.53 Å². The smallest absolute Gasteiger partial charge is 0.319 e. The number of hydrogen-bond acceptors (Lipinski definition) is 3. The highest BCUT2D eigenvalue weighted by Crippen LogP contribution is 2.12. The first-order chi connectivity index (χ1) is 5.49. The van der Waals surface area contributed by atoms with Crippen molar-refractivity contribution in [1.29, 1.82) is 0 Å². The minimum absolute atomic E-state index is 0.00546. The Hall–Kier alpha value is -0.180. The van der Waals surface area contributed by atoms with Crippen molar-refractivity contribution in [3.63, 3.8) is 0 Å². The van der Waals surface area contributed by atoms with Crippen LogP contribution < -0.4 is 0 Å². The van der Waals surface area contributed by atoms with Gasteiger partial charge in [0.05, 0.1) is 6.10 Å². The van der Waals surface area contributed by atoms with E-state index < -0.39 is 0 Å². The molecule has 0 aliphatic rings. The van der Waals surface area contributed by atoms with Crippen LogP contribution in [0, 0.1) is 5.92 Å². The molecule has 0 heterocycles. The van der Waals surface area contributed by atoms with Gasteiger partial charge in [-0.1, -0.05) is 20.8 Å². The van der Waals surface area contributed by atoms with Crippen LogP contribution in [0.2, 0.25) is 0 Å². The minimum atomic E-state index is -0.293. The molecule has 0 amide bonds. The van der Waals surface area contributed by atoms with Crippen LogP contribution in [0.3, 0.4) is 0 Å². The van der Waals surface area contributed by atoms with Gasteiger partial charge in [-0.3, -0.25) is 4.79 Å². The van der Waals surface area contributed by atoms with Gasteiger partial charge in [-0.15, -0.1) is 0 Å². The van der Waals surface area contributed by atoms with E-state index in [2.05, 4.69) is 12.6 Å². The van der Waals surface area contributed by atoms with E-state index in [0.717, 1.165) is 6.42 Å². The molecule has 0 aromatic heterocycles. The second-order valence-electron chi connectivity index (χ2n) is 3.34. The van der Waals surface area contributed by atoms with Crippen molar-refractivity contribution in [2.24, 2.45) is 5.92 Å². The van der Waals surface area contributed by atoms with Crippen LogP contribution in [0.5, 0.6) is 0 Å². The van der Waals surface area contributed by atoms with Crippen molar-refractivity contribution in [2.75, 3.05) is 0 Å². The molecular weight excluding hydrogens is 172 g/mol. The average Bonchev–Trinajstić information content (AvgIpc) is 2.02. The summed E-state index contributed by atoms with van der Waals surface area (Å²) in [6.45, 7) is 7.78. The van der Waals surface area contributed by atoms with Crippen molar-refractivity contribution in [1.82, 2.24) is 0 Å². The highest BCUT2D eigenvalue weighted by atomic mass is 32.1. The average molecular weight is 190 g/mol. The van der Waals surface area contributed by atoms with Gasteiger partial charge in [0, 0.05) is 0 Å². The van der Waals surface area contributed by atoms with Gasteiger partial charge >= 0.3 is 5.97 Å². The van der Waals surface area contributed by atoms with Gasteiger partial charge in [-0.2, -0.15) is 12.6 Å². The molecule has 0 saturated carbocycles. The summed E-state index contributed by atoms with van der Waals surface area (Å²) in [5, 5.41) is -0.293. The summed E-state index contributed by atoms with van der Waals surface area (Å²) in [7, 11) is 0. The van der Waals surface area contributed by atoms with Crippen molar-refractivity contribution in [3.8, 4) is 0 Å². The molecule has 12 heavy (non-hydrogen) atoms. The molecule has 0 aromatic rings. The Morgan fingerprint density at radius 2 is 1.92 bits per heavy atom. The van der Waals surface area contributed by atoms with Crippen LogP contribution in [0.15, 0.2) is 0 Å². The molecular formula is C9H18O2S. The first-order valence-electron chi connectivity index (χ1n) is 4.37. The third kappa shape index (κ3) is 4.00. The van der Waals surface area contributed by atoms with Crippen molar-refractivity contribution in [3.05, 3.63) is 0 Å². The fourth-order valence-corrected chi connectivity index (χ4v) is 0.684. The van der Waals surface area contributed by atoms with Gasteiger partial charge in [0.15, 0.2) is 0 Å². The van der Waals surface area contributed by atoms with E-state index in [0.29, 0.717) is 0 Å². The molecule has 2 nitrogen and oxygen atoms in total. The van der Waals surface area contributed by atoms with E-state index in [4.69, 9.17) is 4.74 Å². The quantitative estimate of drug-likeness (QED) is 0.544. The molecule has 0 rings (SSSR count). The Bertz CT molecular complexity index is 145. The summed E-state index contributed by atoms with van der Waals surface area (Å²) < 4.78 is 5.11. The van der Waals surface area contributed by atoms with E-state index in [1.807, 2.05) is 27.7 Å². The maximum atomic E-state index is 11.3. The molecule has 0 aliphatic carbocycles. The Labute approximate surface area is 80.1 Å². The summed E-state index contributed by atoms with van der Waals surface area (Å²) in [5.74, 6) is 0.0209. The fraction of sp³-hybridized carbons (Fsp3) is 0.889. The van der Waals surface area contributed by atoms with E-state index in [-0.39, 0.29) is 23.2 Å². The van der Waals surface area contributed by atoms with Gasteiger partial charge in [0.25, 0.3) is 0 Å². The monoisotopic (exact) mass is 190 g/mol. The number of esters is 1.